The van der Waals surface area contributed by atoms with E-state index in [1.165, 1.54) is 18.0 Å². The van der Waals surface area contributed by atoms with E-state index < -0.39 is 11.5 Å². The maximum absolute atomic E-state index is 12.9. The van der Waals surface area contributed by atoms with E-state index in [0.29, 0.717) is 38.0 Å². The van der Waals surface area contributed by atoms with Crippen molar-refractivity contribution in [1.29, 1.82) is 0 Å². The number of aliphatic carboxylic acids is 1. The molecular formula is C22H31N3O6. The molecule has 0 aliphatic carbocycles. The van der Waals surface area contributed by atoms with Crippen LogP contribution in [0.2, 0.25) is 0 Å². The Labute approximate surface area is 182 Å². The second kappa shape index (κ2) is 9.36. The number of benzene rings is 1. The molecule has 9 nitrogen and oxygen atoms in total. The molecule has 9 heteroatoms. The minimum Gasteiger partial charge on any atom is -0.508 e. The lowest BCUT2D eigenvalue weighted by Gasteiger charge is -2.42. The number of amides is 4. The number of carboxylic acids is 1. The molecule has 0 atom stereocenters. The third-order valence-electron chi connectivity index (χ3n) is 5.61. The highest BCUT2D eigenvalue weighted by molar-refractivity contribution is 6.07. The first-order valence-electron chi connectivity index (χ1n) is 10.3. The van der Waals surface area contributed by atoms with Gasteiger partial charge in [0.15, 0.2) is 0 Å². The van der Waals surface area contributed by atoms with Gasteiger partial charge in [0.1, 0.15) is 11.3 Å². The van der Waals surface area contributed by atoms with Crippen molar-refractivity contribution in [1.82, 2.24) is 14.7 Å². The number of imide groups is 1. The molecular weight excluding hydrogens is 402 g/mol. The van der Waals surface area contributed by atoms with E-state index in [1.54, 1.807) is 21.9 Å². The van der Waals surface area contributed by atoms with Crippen LogP contribution in [0.4, 0.5) is 4.79 Å². The van der Waals surface area contributed by atoms with Gasteiger partial charge in [0.05, 0.1) is 0 Å². The number of carbonyl (C=O) groups is 4. The van der Waals surface area contributed by atoms with Crippen molar-refractivity contribution in [2.45, 2.75) is 46.1 Å². The molecule has 0 bridgehead atoms. The van der Waals surface area contributed by atoms with E-state index in [4.69, 9.17) is 9.90 Å². The molecule has 1 spiro atoms. The quantitative estimate of drug-likeness (QED) is 0.706. The summed E-state index contributed by atoms with van der Waals surface area (Å²) in [6.07, 6.45) is 0.858. The van der Waals surface area contributed by atoms with Crippen LogP contribution in [0.5, 0.6) is 5.75 Å². The van der Waals surface area contributed by atoms with Crippen LogP contribution in [-0.4, -0.2) is 80.9 Å². The van der Waals surface area contributed by atoms with Crippen molar-refractivity contribution < 1.29 is 29.4 Å². The topological polar surface area (TPSA) is 118 Å². The average molecular weight is 434 g/mol. The average Bonchev–Trinajstić information content (AvgIpc) is 2.85. The molecule has 1 aromatic carbocycles. The lowest BCUT2D eigenvalue weighted by Crippen LogP contribution is -2.58. The number of hydrogen-bond donors (Lipinski definition) is 2. The number of carboxylic acid groups (broad SMARTS) is 1. The highest BCUT2D eigenvalue weighted by atomic mass is 16.4. The van der Waals surface area contributed by atoms with E-state index in [9.17, 15) is 19.5 Å². The molecule has 1 aromatic rings. The molecule has 0 saturated carbocycles. The number of carbonyl (C=O) groups excluding carboxylic acids is 3. The third-order valence-corrected chi connectivity index (χ3v) is 5.61. The van der Waals surface area contributed by atoms with E-state index in [-0.39, 0.29) is 29.5 Å². The molecule has 3 rings (SSSR count). The zero-order valence-corrected chi connectivity index (χ0v) is 18.7. The summed E-state index contributed by atoms with van der Waals surface area (Å²) in [6.45, 7) is 8.27. The fraction of sp³-hybridized carbons (Fsp3) is 0.545. The van der Waals surface area contributed by atoms with Crippen LogP contribution >= 0.6 is 0 Å². The number of nitrogens with zero attached hydrogens (tertiary/aromatic N) is 3. The molecule has 0 aromatic heterocycles. The molecule has 2 N–H and O–H groups in total. The second-order valence-corrected chi connectivity index (χ2v) is 8.49. The Morgan fingerprint density at radius 2 is 1.71 bits per heavy atom. The molecule has 170 valence electrons. The molecule has 4 amide bonds. The summed E-state index contributed by atoms with van der Waals surface area (Å²) in [5.74, 6) is -0.856. The van der Waals surface area contributed by atoms with Crippen molar-refractivity contribution in [3.8, 4) is 5.75 Å². The normalized spacial score (nSPS) is 17.8. The van der Waals surface area contributed by atoms with E-state index in [1.807, 2.05) is 20.8 Å². The third kappa shape index (κ3) is 4.98. The van der Waals surface area contributed by atoms with Gasteiger partial charge in [-0.25, -0.2) is 4.79 Å². The Hall–Kier alpha value is -3.10. The maximum Gasteiger partial charge on any atom is 0.327 e. The molecule has 2 saturated heterocycles. The van der Waals surface area contributed by atoms with Crippen LogP contribution in [-0.2, 0) is 9.59 Å². The number of aryl methyl sites for hydroxylation is 1. The highest BCUT2D eigenvalue weighted by Crippen LogP contribution is 2.37. The summed E-state index contributed by atoms with van der Waals surface area (Å²) in [6, 6.07) is 4.49. The van der Waals surface area contributed by atoms with Gasteiger partial charge in [-0.3, -0.25) is 19.3 Å². The fourth-order valence-corrected chi connectivity index (χ4v) is 4.07. The highest BCUT2D eigenvalue weighted by Gasteiger charge is 2.57. The van der Waals surface area contributed by atoms with Crippen LogP contribution in [0.25, 0.3) is 0 Å². The van der Waals surface area contributed by atoms with Crippen LogP contribution in [0, 0.1) is 12.8 Å². The number of hydrogen-bond acceptors (Lipinski definition) is 5. The SMILES string of the molecule is CC(=O)O.Cc1ccc(O)cc1C(=O)N1CCC2(CC1)C(=O)N(C)C(=O)N2CC(C)C. The number of likely N-dealkylation sites (N-methyl/N-ethyl adjacent to an activating group) is 1. The second-order valence-electron chi connectivity index (χ2n) is 8.49. The minimum absolute atomic E-state index is 0.0544. The Balaban J connectivity index is 0.000000785. The number of phenols is 1. The Morgan fingerprint density at radius 3 is 2.23 bits per heavy atom. The summed E-state index contributed by atoms with van der Waals surface area (Å²) in [5, 5.41) is 17.1. The van der Waals surface area contributed by atoms with Crippen LogP contribution in [0.15, 0.2) is 18.2 Å². The van der Waals surface area contributed by atoms with E-state index in [2.05, 4.69) is 0 Å². The number of urea groups is 1. The van der Waals surface area contributed by atoms with Gasteiger partial charge in [-0.15, -0.1) is 0 Å². The van der Waals surface area contributed by atoms with Gasteiger partial charge >= 0.3 is 6.03 Å². The lowest BCUT2D eigenvalue weighted by atomic mass is 9.85. The van der Waals surface area contributed by atoms with E-state index >= 15 is 0 Å². The monoisotopic (exact) mass is 433 g/mol. The predicted molar refractivity (Wildman–Crippen MR) is 114 cm³/mol. The number of piperidine rings is 1. The minimum atomic E-state index is -0.846. The molecule has 2 aliphatic rings. The molecule has 0 unspecified atom stereocenters. The smallest absolute Gasteiger partial charge is 0.327 e. The standard InChI is InChI=1S/C20H27N3O4.C2H4O2/c1-13(2)12-23-19(27)21(4)18(26)20(23)7-9-22(10-8-20)17(25)16-11-15(24)6-5-14(16)3;1-2(3)4/h5-6,11,13,24H,7-10,12H2,1-4H3;1H3,(H,3,4). The molecule has 2 fully saturated rings. The van der Waals surface area contributed by atoms with Crippen LogP contribution in [0.3, 0.4) is 0 Å². The number of aromatic hydroxyl groups is 1. The Morgan fingerprint density at radius 1 is 1.16 bits per heavy atom. The van der Waals surface area contributed by atoms with E-state index in [0.717, 1.165) is 12.5 Å². The van der Waals surface area contributed by atoms with Gasteiger partial charge in [0, 0.05) is 39.2 Å². The Kier molecular flexibility index (Phi) is 7.30. The first kappa shape index (κ1) is 24.2. The number of phenolic OH excluding ortho intramolecular Hbond substituents is 1. The number of rotatable bonds is 3. The van der Waals surface area contributed by atoms with Gasteiger partial charge in [0.2, 0.25) is 0 Å². The van der Waals surface area contributed by atoms with Crippen molar-refractivity contribution in [3.63, 3.8) is 0 Å². The molecule has 2 heterocycles. The summed E-state index contributed by atoms with van der Waals surface area (Å²) in [7, 11) is 1.53. The van der Waals surface area contributed by atoms with Gasteiger partial charge in [-0.1, -0.05) is 19.9 Å². The molecule has 2 aliphatic heterocycles. The molecule has 31 heavy (non-hydrogen) atoms. The molecule has 0 radical (unpaired) electrons. The Bertz CT molecular complexity index is 870. The van der Waals surface area contributed by atoms with Crippen LogP contribution in [0.1, 0.15) is 49.5 Å². The van der Waals surface area contributed by atoms with Crippen molar-refractivity contribution in [3.05, 3.63) is 29.3 Å². The van der Waals surface area contributed by atoms with Gasteiger partial charge in [-0.2, -0.15) is 0 Å². The van der Waals surface area contributed by atoms with Crippen LogP contribution < -0.4 is 0 Å². The lowest BCUT2D eigenvalue weighted by molar-refractivity contribution is -0.135. The van der Waals surface area contributed by atoms with Crippen molar-refractivity contribution >= 4 is 23.8 Å². The van der Waals surface area contributed by atoms with Crippen molar-refractivity contribution in [2.24, 2.45) is 5.92 Å². The first-order valence-corrected chi connectivity index (χ1v) is 10.3. The fourth-order valence-electron chi connectivity index (χ4n) is 4.07. The number of likely N-dealkylation sites (tertiary alicyclic amines) is 1. The summed E-state index contributed by atoms with van der Waals surface area (Å²) in [5.41, 5.74) is 0.420. The zero-order chi connectivity index (χ0) is 23.5. The predicted octanol–water partition coefficient (Wildman–Crippen LogP) is 2.32. The summed E-state index contributed by atoms with van der Waals surface area (Å²) in [4.78, 5) is 51.9. The van der Waals surface area contributed by atoms with Gasteiger partial charge in [0.25, 0.3) is 17.8 Å². The zero-order valence-electron chi connectivity index (χ0n) is 18.7. The first-order chi connectivity index (χ1) is 14.4. The summed E-state index contributed by atoms with van der Waals surface area (Å²) >= 11 is 0. The van der Waals surface area contributed by atoms with Gasteiger partial charge < -0.3 is 20.0 Å². The largest absolute Gasteiger partial charge is 0.508 e. The van der Waals surface area contributed by atoms with Crippen molar-refractivity contribution in [2.75, 3.05) is 26.7 Å². The maximum atomic E-state index is 12.9. The summed E-state index contributed by atoms with van der Waals surface area (Å²) < 4.78 is 0. The van der Waals surface area contributed by atoms with Gasteiger partial charge in [-0.05, 0) is 43.4 Å².